The van der Waals surface area contributed by atoms with Crippen molar-refractivity contribution in [3.05, 3.63) is 50.9 Å². The lowest BCUT2D eigenvalue weighted by atomic mass is 10.2. The van der Waals surface area contributed by atoms with E-state index in [2.05, 4.69) is 21.2 Å². The van der Waals surface area contributed by atoms with E-state index in [1.807, 2.05) is 13.0 Å². The third kappa shape index (κ3) is 3.58. The summed E-state index contributed by atoms with van der Waals surface area (Å²) in [5, 5.41) is 13.0. The molecule has 5 nitrogen and oxygen atoms in total. The van der Waals surface area contributed by atoms with Gasteiger partial charge in [0.15, 0.2) is 11.5 Å². The van der Waals surface area contributed by atoms with Crippen molar-refractivity contribution < 1.29 is 9.84 Å². The number of hydrogen-bond donors (Lipinski definition) is 2. The minimum atomic E-state index is -0.0166. The number of aryl methyl sites for hydroxylation is 1. The fourth-order valence-electron chi connectivity index (χ4n) is 1.97. The molecule has 0 fully saturated rings. The van der Waals surface area contributed by atoms with E-state index in [1.165, 1.54) is 7.11 Å². The average Bonchev–Trinajstić information content (AvgIpc) is 2.49. The molecule has 21 heavy (non-hydrogen) atoms. The lowest BCUT2D eigenvalue weighted by molar-refractivity contribution is 0.371. The molecular weight excluding hydrogens is 336 g/mol. The van der Waals surface area contributed by atoms with Gasteiger partial charge in [-0.3, -0.25) is 4.79 Å². The Morgan fingerprint density at radius 3 is 2.81 bits per heavy atom. The maximum atomic E-state index is 11.5. The number of pyridine rings is 1. The van der Waals surface area contributed by atoms with E-state index in [1.54, 1.807) is 29.0 Å². The van der Waals surface area contributed by atoms with Crippen molar-refractivity contribution in [3.63, 3.8) is 0 Å². The molecular formula is C15H17BrN2O3. The second-order valence-electron chi connectivity index (χ2n) is 4.52. The molecule has 0 spiro atoms. The van der Waals surface area contributed by atoms with E-state index in [-0.39, 0.29) is 11.3 Å². The number of aromatic hydroxyl groups is 1. The van der Waals surface area contributed by atoms with Crippen LogP contribution < -0.4 is 15.6 Å². The molecule has 2 N–H and O–H groups in total. The Morgan fingerprint density at radius 2 is 2.14 bits per heavy atom. The van der Waals surface area contributed by atoms with E-state index in [4.69, 9.17) is 4.74 Å². The summed E-state index contributed by atoms with van der Waals surface area (Å²) in [5.41, 5.74) is 1.79. The molecule has 0 radical (unpaired) electrons. The first-order valence-electron chi connectivity index (χ1n) is 6.55. The summed E-state index contributed by atoms with van der Waals surface area (Å²) < 4.78 is 7.33. The van der Waals surface area contributed by atoms with Crippen molar-refractivity contribution in [2.24, 2.45) is 0 Å². The summed E-state index contributed by atoms with van der Waals surface area (Å²) >= 11 is 3.29. The molecule has 0 atom stereocenters. The quantitative estimate of drug-likeness (QED) is 0.868. The van der Waals surface area contributed by atoms with E-state index >= 15 is 0 Å². The number of aromatic nitrogens is 1. The molecule has 0 aliphatic heterocycles. The number of nitrogens with one attached hydrogen (secondary N) is 1. The molecule has 1 aromatic carbocycles. The number of phenols is 1. The molecule has 0 amide bonds. The summed E-state index contributed by atoms with van der Waals surface area (Å²) in [6, 6.07) is 6.88. The van der Waals surface area contributed by atoms with Gasteiger partial charge in [0.25, 0.3) is 5.56 Å². The Kier molecular flexibility index (Phi) is 4.90. The van der Waals surface area contributed by atoms with Crippen molar-refractivity contribution in [1.29, 1.82) is 0 Å². The van der Waals surface area contributed by atoms with Gasteiger partial charge in [0.2, 0.25) is 0 Å². The number of halogens is 1. The minimum Gasteiger partial charge on any atom is -0.503 e. The zero-order valence-electron chi connectivity index (χ0n) is 11.9. The third-order valence-corrected chi connectivity index (χ3v) is 3.73. The van der Waals surface area contributed by atoms with E-state index in [0.717, 1.165) is 11.3 Å². The molecule has 0 aliphatic rings. The molecule has 112 valence electrons. The van der Waals surface area contributed by atoms with Crippen molar-refractivity contribution in [3.8, 4) is 11.5 Å². The van der Waals surface area contributed by atoms with Crippen LogP contribution in [0.4, 0.5) is 5.69 Å². The van der Waals surface area contributed by atoms with Crippen molar-refractivity contribution >= 4 is 21.6 Å². The van der Waals surface area contributed by atoms with Gasteiger partial charge >= 0.3 is 0 Å². The maximum Gasteiger partial charge on any atom is 0.250 e. The van der Waals surface area contributed by atoms with Crippen molar-refractivity contribution in [1.82, 2.24) is 4.57 Å². The van der Waals surface area contributed by atoms with Gasteiger partial charge in [-0.2, -0.15) is 0 Å². The highest BCUT2D eigenvalue weighted by molar-refractivity contribution is 9.10. The largest absolute Gasteiger partial charge is 0.503 e. The van der Waals surface area contributed by atoms with Gasteiger partial charge in [0, 0.05) is 25.4 Å². The number of hydrogen-bond acceptors (Lipinski definition) is 4. The van der Waals surface area contributed by atoms with Crippen LogP contribution in [-0.4, -0.2) is 16.8 Å². The van der Waals surface area contributed by atoms with Gasteiger partial charge in [0.05, 0.1) is 17.3 Å². The third-order valence-electron chi connectivity index (χ3n) is 3.13. The van der Waals surface area contributed by atoms with Crippen LogP contribution in [0.2, 0.25) is 0 Å². The van der Waals surface area contributed by atoms with Crippen LogP contribution in [-0.2, 0) is 13.1 Å². The summed E-state index contributed by atoms with van der Waals surface area (Å²) in [7, 11) is 1.51. The van der Waals surface area contributed by atoms with Crippen LogP contribution in [0, 0.1) is 0 Å². The van der Waals surface area contributed by atoms with E-state index < -0.39 is 0 Å². The monoisotopic (exact) mass is 352 g/mol. The highest BCUT2D eigenvalue weighted by Crippen LogP contribution is 2.35. The zero-order chi connectivity index (χ0) is 15.4. The minimum absolute atomic E-state index is 0.0166. The SMILES string of the molecule is CCn1cc(NCc2cc(Br)c(O)c(OC)c2)ccc1=O. The molecule has 0 saturated heterocycles. The van der Waals surface area contributed by atoms with Crippen LogP contribution in [0.5, 0.6) is 11.5 Å². The van der Waals surface area contributed by atoms with Crippen LogP contribution in [0.3, 0.4) is 0 Å². The van der Waals surface area contributed by atoms with Gasteiger partial charge in [-0.1, -0.05) is 0 Å². The number of anilines is 1. The predicted molar refractivity (Wildman–Crippen MR) is 86.1 cm³/mol. The van der Waals surface area contributed by atoms with Crippen molar-refractivity contribution in [2.75, 3.05) is 12.4 Å². The highest BCUT2D eigenvalue weighted by Gasteiger charge is 2.08. The molecule has 6 heteroatoms. The number of phenolic OH excluding ortho intramolecular Hbond substituents is 1. The lowest BCUT2D eigenvalue weighted by Crippen LogP contribution is -2.17. The maximum absolute atomic E-state index is 11.5. The van der Waals surface area contributed by atoms with Crippen LogP contribution in [0.1, 0.15) is 12.5 Å². The Hall–Kier alpha value is -1.95. The first kappa shape index (κ1) is 15.4. The number of benzene rings is 1. The summed E-state index contributed by atoms with van der Waals surface area (Å²) in [6.07, 6.45) is 1.79. The Bertz CT molecular complexity index is 698. The predicted octanol–water partition coefficient (Wildman–Crippen LogP) is 2.96. The summed E-state index contributed by atoms with van der Waals surface area (Å²) in [5.74, 6) is 0.500. The molecule has 0 bridgehead atoms. The molecule has 2 rings (SSSR count). The van der Waals surface area contributed by atoms with Crippen molar-refractivity contribution in [2.45, 2.75) is 20.0 Å². The van der Waals surface area contributed by atoms with E-state index in [0.29, 0.717) is 23.3 Å². The number of nitrogens with zero attached hydrogens (tertiary/aromatic N) is 1. The average molecular weight is 353 g/mol. The normalized spacial score (nSPS) is 10.4. The standard InChI is InChI=1S/C15H17BrN2O3/c1-3-18-9-11(4-5-14(18)19)17-8-10-6-12(16)15(20)13(7-10)21-2/h4-7,9,17,20H,3,8H2,1-2H3. The van der Waals surface area contributed by atoms with Crippen LogP contribution >= 0.6 is 15.9 Å². The number of ether oxygens (including phenoxy) is 1. The second-order valence-corrected chi connectivity index (χ2v) is 5.38. The number of rotatable bonds is 5. The zero-order valence-corrected chi connectivity index (χ0v) is 13.5. The molecule has 0 aliphatic carbocycles. The molecule has 1 heterocycles. The number of methoxy groups -OCH3 is 1. The fourth-order valence-corrected chi connectivity index (χ4v) is 2.46. The van der Waals surface area contributed by atoms with Gasteiger partial charge < -0.3 is 19.7 Å². The van der Waals surface area contributed by atoms with Crippen LogP contribution in [0.15, 0.2) is 39.7 Å². The van der Waals surface area contributed by atoms with Gasteiger partial charge in [-0.25, -0.2) is 0 Å². The molecule has 0 unspecified atom stereocenters. The van der Waals surface area contributed by atoms with Gasteiger partial charge in [-0.15, -0.1) is 0 Å². The highest BCUT2D eigenvalue weighted by atomic mass is 79.9. The summed E-state index contributed by atoms with van der Waals surface area (Å²) in [6.45, 7) is 3.11. The lowest BCUT2D eigenvalue weighted by Gasteiger charge is -2.11. The summed E-state index contributed by atoms with van der Waals surface area (Å²) in [4.78, 5) is 11.5. The van der Waals surface area contributed by atoms with Crippen LogP contribution in [0.25, 0.3) is 0 Å². The molecule has 2 aromatic rings. The first-order valence-corrected chi connectivity index (χ1v) is 7.34. The smallest absolute Gasteiger partial charge is 0.250 e. The molecule has 1 aromatic heterocycles. The first-order chi connectivity index (χ1) is 10.0. The topological polar surface area (TPSA) is 63.5 Å². The molecule has 0 saturated carbocycles. The van der Waals surface area contributed by atoms with Gasteiger partial charge in [-0.05, 0) is 46.6 Å². The van der Waals surface area contributed by atoms with Gasteiger partial charge in [0.1, 0.15) is 0 Å². The fraction of sp³-hybridized carbons (Fsp3) is 0.267. The Labute approximate surface area is 131 Å². The Morgan fingerprint density at radius 1 is 1.38 bits per heavy atom. The van der Waals surface area contributed by atoms with E-state index in [9.17, 15) is 9.90 Å². The second kappa shape index (κ2) is 6.67. The Balaban J connectivity index is 2.16.